The van der Waals surface area contributed by atoms with Crippen molar-refractivity contribution in [2.24, 2.45) is 11.8 Å². The summed E-state index contributed by atoms with van der Waals surface area (Å²) in [4.78, 5) is 0. The van der Waals surface area contributed by atoms with Crippen LogP contribution in [0.2, 0.25) is 0 Å². The van der Waals surface area contributed by atoms with Gasteiger partial charge in [0, 0.05) is 11.4 Å². The lowest BCUT2D eigenvalue weighted by atomic mass is 9.89. The van der Waals surface area contributed by atoms with Crippen molar-refractivity contribution in [2.45, 2.75) is 59.8 Å². The van der Waals surface area contributed by atoms with Crippen LogP contribution in [0.3, 0.4) is 0 Å². The molecule has 1 aromatic carbocycles. The maximum absolute atomic E-state index is 3.68. The maximum Gasteiger partial charge on any atom is 0.0384 e. The van der Waals surface area contributed by atoms with Gasteiger partial charge < -0.3 is 5.32 Å². The standard InChI is InChI=1S/C21H31N/c1-5-9-19-13-12-16(2)14-17(3)18(4)15-21(19)22-20-10-7-6-8-11-20/h6-8,10-11,15-17,22H,5,9,12-14H2,1-4H3/b18-15+,21-19-. The molecule has 1 aromatic rings. The average Bonchev–Trinajstić information content (AvgIpc) is 2.55. The van der Waals surface area contributed by atoms with Gasteiger partial charge in [-0.25, -0.2) is 0 Å². The van der Waals surface area contributed by atoms with Gasteiger partial charge in [0.1, 0.15) is 0 Å². The van der Waals surface area contributed by atoms with Gasteiger partial charge in [0.25, 0.3) is 0 Å². The largest absolute Gasteiger partial charge is 0.356 e. The fourth-order valence-corrected chi connectivity index (χ4v) is 3.30. The Balaban J connectivity index is 2.35. The summed E-state index contributed by atoms with van der Waals surface area (Å²) < 4.78 is 0. The van der Waals surface area contributed by atoms with Gasteiger partial charge in [0.2, 0.25) is 0 Å². The van der Waals surface area contributed by atoms with E-state index in [1.54, 1.807) is 5.57 Å². The van der Waals surface area contributed by atoms with Crippen molar-refractivity contribution in [1.29, 1.82) is 0 Å². The second kappa shape index (κ2) is 8.22. The van der Waals surface area contributed by atoms with Crippen LogP contribution in [0.5, 0.6) is 0 Å². The van der Waals surface area contributed by atoms with Crippen LogP contribution in [-0.4, -0.2) is 0 Å². The number of hydrogen-bond acceptors (Lipinski definition) is 1. The lowest BCUT2D eigenvalue weighted by Gasteiger charge is -2.16. The molecule has 0 amide bonds. The first-order chi connectivity index (χ1) is 10.6. The van der Waals surface area contributed by atoms with Crippen LogP contribution in [0.1, 0.15) is 59.8 Å². The topological polar surface area (TPSA) is 12.0 Å². The number of benzene rings is 1. The van der Waals surface area contributed by atoms with Gasteiger partial charge in [-0.15, -0.1) is 0 Å². The molecule has 0 bridgehead atoms. The molecule has 0 aromatic heterocycles. The SMILES string of the molecule is CCC/C1=C(Nc2ccccc2)\C=C(/C)C(C)CC(C)CC1. The highest BCUT2D eigenvalue weighted by Crippen LogP contribution is 2.30. The predicted octanol–water partition coefficient (Wildman–Crippen LogP) is 6.56. The molecule has 1 aliphatic carbocycles. The average molecular weight is 297 g/mol. The number of para-hydroxylation sites is 1. The molecule has 0 spiro atoms. The fourth-order valence-electron chi connectivity index (χ4n) is 3.30. The highest BCUT2D eigenvalue weighted by molar-refractivity contribution is 5.52. The summed E-state index contributed by atoms with van der Waals surface area (Å²) >= 11 is 0. The number of rotatable bonds is 4. The molecule has 1 aliphatic rings. The van der Waals surface area contributed by atoms with Crippen LogP contribution in [0.25, 0.3) is 0 Å². The first-order valence-corrected chi connectivity index (χ1v) is 8.82. The van der Waals surface area contributed by atoms with E-state index in [4.69, 9.17) is 0 Å². The third kappa shape index (κ3) is 4.76. The molecule has 1 nitrogen and oxygen atoms in total. The van der Waals surface area contributed by atoms with E-state index < -0.39 is 0 Å². The first-order valence-electron chi connectivity index (χ1n) is 8.82. The number of anilines is 1. The molecule has 120 valence electrons. The summed E-state index contributed by atoms with van der Waals surface area (Å²) in [5.41, 5.74) is 5.62. The Bertz CT molecular complexity index is 524. The molecule has 0 radical (unpaired) electrons. The minimum Gasteiger partial charge on any atom is -0.356 e. The number of hydrogen-bond donors (Lipinski definition) is 1. The summed E-state index contributed by atoms with van der Waals surface area (Å²) in [6.07, 6.45) is 8.65. The number of allylic oxidation sites excluding steroid dienone is 3. The molecule has 0 heterocycles. The van der Waals surface area contributed by atoms with E-state index >= 15 is 0 Å². The number of nitrogens with one attached hydrogen (secondary N) is 1. The third-order valence-corrected chi connectivity index (χ3v) is 4.83. The first kappa shape index (κ1) is 16.9. The van der Waals surface area contributed by atoms with Crippen molar-refractivity contribution in [3.05, 3.63) is 53.3 Å². The van der Waals surface area contributed by atoms with E-state index in [1.807, 2.05) is 0 Å². The van der Waals surface area contributed by atoms with Gasteiger partial charge in [-0.3, -0.25) is 0 Å². The van der Waals surface area contributed by atoms with Crippen LogP contribution >= 0.6 is 0 Å². The molecule has 1 N–H and O–H groups in total. The van der Waals surface area contributed by atoms with Gasteiger partial charge in [-0.1, -0.05) is 51.0 Å². The highest BCUT2D eigenvalue weighted by Gasteiger charge is 2.16. The zero-order valence-corrected chi connectivity index (χ0v) is 14.7. The van der Waals surface area contributed by atoms with Gasteiger partial charge in [-0.05, 0) is 68.2 Å². The van der Waals surface area contributed by atoms with Gasteiger partial charge in [0.15, 0.2) is 0 Å². The predicted molar refractivity (Wildman–Crippen MR) is 97.9 cm³/mol. The molecule has 2 unspecified atom stereocenters. The molecule has 0 aliphatic heterocycles. The van der Waals surface area contributed by atoms with Gasteiger partial charge >= 0.3 is 0 Å². The summed E-state index contributed by atoms with van der Waals surface area (Å²) in [7, 11) is 0. The minimum absolute atomic E-state index is 0.670. The van der Waals surface area contributed by atoms with E-state index in [-0.39, 0.29) is 0 Å². The maximum atomic E-state index is 3.68. The van der Waals surface area contributed by atoms with Crippen LogP contribution in [0, 0.1) is 11.8 Å². The van der Waals surface area contributed by atoms with Crippen molar-refractivity contribution in [3.8, 4) is 0 Å². The molecule has 0 saturated carbocycles. The van der Waals surface area contributed by atoms with Crippen LogP contribution in [0.15, 0.2) is 53.3 Å². The van der Waals surface area contributed by atoms with Crippen LogP contribution in [0.4, 0.5) is 5.69 Å². The quantitative estimate of drug-likeness (QED) is 0.664. The third-order valence-electron chi connectivity index (χ3n) is 4.83. The smallest absolute Gasteiger partial charge is 0.0384 e. The van der Waals surface area contributed by atoms with E-state index in [9.17, 15) is 0 Å². The van der Waals surface area contributed by atoms with Crippen molar-refractivity contribution in [3.63, 3.8) is 0 Å². The molecule has 1 heteroatoms. The summed E-state index contributed by atoms with van der Waals surface area (Å²) in [6, 6.07) is 10.6. The zero-order valence-electron chi connectivity index (χ0n) is 14.7. The van der Waals surface area contributed by atoms with Crippen molar-refractivity contribution >= 4 is 5.69 Å². The van der Waals surface area contributed by atoms with Gasteiger partial charge in [-0.2, -0.15) is 0 Å². The van der Waals surface area contributed by atoms with Crippen molar-refractivity contribution in [2.75, 3.05) is 5.32 Å². The second-order valence-electron chi connectivity index (χ2n) is 6.93. The molecule has 0 fully saturated rings. The minimum atomic E-state index is 0.670. The second-order valence-corrected chi connectivity index (χ2v) is 6.93. The van der Waals surface area contributed by atoms with Crippen molar-refractivity contribution < 1.29 is 0 Å². The molecular weight excluding hydrogens is 266 g/mol. The Hall–Kier alpha value is -1.50. The Morgan fingerprint density at radius 1 is 1.14 bits per heavy atom. The Kier molecular flexibility index (Phi) is 6.30. The molecule has 2 atom stereocenters. The normalized spacial score (nSPS) is 29.0. The fraction of sp³-hybridized carbons (Fsp3) is 0.524. The van der Waals surface area contributed by atoms with E-state index in [0.717, 1.165) is 5.92 Å². The van der Waals surface area contributed by atoms with E-state index in [1.165, 1.54) is 49.1 Å². The Morgan fingerprint density at radius 2 is 1.86 bits per heavy atom. The van der Waals surface area contributed by atoms with E-state index in [2.05, 4.69) is 69.4 Å². The summed E-state index contributed by atoms with van der Waals surface area (Å²) in [6.45, 7) is 9.34. The monoisotopic (exact) mass is 297 g/mol. The molecule has 2 rings (SSSR count). The lowest BCUT2D eigenvalue weighted by molar-refractivity contribution is 0.427. The zero-order chi connectivity index (χ0) is 15.9. The van der Waals surface area contributed by atoms with Gasteiger partial charge in [0.05, 0.1) is 0 Å². The summed E-state index contributed by atoms with van der Waals surface area (Å²) in [5, 5.41) is 3.68. The summed E-state index contributed by atoms with van der Waals surface area (Å²) in [5.74, 6) is 1.48. The molecule has 0 saturated heterocycles. The van der Waals surface area contributed by atoms with E-state index in [0.29, 0.717) is 5.92 Å². The van der Waals surface area contributed by atoms with Crippen LogP contribution < -0.4 is 5.32 Å². The Morgan fingerprint density at radius 3 is 2.55 bits per heavy atom. The highest BCUT2D eigenvalue weighted by atomic mass is 14.9. The Labute approximate surface area is 136 Å². The van der Waals surface area contributed by atoms with Crippen LogP contribution in [-0.2, 0) is 0 Å². The lowest BCUT2D eigenvalue weighted by Crippen LogP contribution is -2.04. The molecule has 22 heavy (non-hydrogen) atoms. The van der Waals surface area contributed by atoms with Crippen molar-refractivity contribution in [1.82, 2.24) is 0 Å². The molecular formula is C21H31N.